The van der Waals surface area contributed by atoms with Gasteiger partial charge in [-0.05, 0) is 36.2 Å². The Labute approximate surface area is 185 Å². The molecule has 1 atom stereocenters. The van der Waals surface area contributed by atoms with Gasteiger partial charge in [0, 0.05) is 29.5 Å². The second-order valence-corrected chi connectivity index (χ2v) is 8.47. The molecule has 0 saturated carbocycles. The molecule has 0 saturated heterocycles. The maximum Gasteiger partial charge on any atom is 0.238 e. The summed E-state index contributed by atoms with van der Waals surface area (Å²) >= 11 is 7.35. The van der Waals surface area contributed by atoms with Gasteiger partial charge in [-0.1, -0.05) is 35.9 Å². The van der Waals surface area contributed by atoms with Crippen LogP contribution in [0.4, 0.5) is 5.69 Å². The topological polar surface area (TPSA) is 76.7 Å². The predicted molar refractivity (Wildman–Crippen MR) is 119 cm³/mol. The Balaban J connectivity index is 1.46. The minimum Gasteiger partial charge on any atom is -0.379 e. The largest absolute Gasteiger partial charge is 0.379 e. The lowest BCUT2D eigenvalue weighted by Gasteiger charge is -2.23. The Morgan fingerprint density at radius 3 is 2.80 bits per heavy atom. The lowest BCUT2D eigenvalue weighted by atomic mass is 10.1. The third kappa shape index (κ3) is 6.74. The quantitative estimate of drug-likeness (QED) is 0.537. The molecule has 8 heteroatoms. The van der Waals surface area contributed by atoms with Crippen molar-refractivity contribution in [1.29, 1.82) is 0 Å². The van der Waals surface area contributed by atoms with E-state index < -0.39 is 5.25 Å². The number of nitrogens with one attached hydrogen (secondary N) is 2. The van der Waals surface area contributed by atoms with Crippen LogP contribution in [0.3, 0.4) is 0 Å². The summed E-state index contributed by atoms with van der Waals surface area (Å²) in [4.78, 5) is 25.6. The van der Waals surface area contributed by atoms with E-state index in [1.807, 2.05) is 37.3 Å². The summed E-state index contributed by atoms with van der Waals surface area (Å²) in [7, 11) is 0. The van der Waals surface area contributed by atoms with E-state index in [2.05, 4.69) is 10.6 Å². The average Bonchev–Trinajstić information content (AvgIpc) is 2.73. The third-order valence-electron chi connectivity index (χ3n) is 4.46. The first-order valence-electron chi connectivity index (χ1n) is 9.82. The number of benzene rings is 2. The molecule has 0 fully saturated rings. The zero-order valence-corrected chi connectivity index (χ0v) is 18.4. The Hall–Kier alpha value is -2.06. The molecule has 160 valence electrons. The number of carbonyl (C=O) groups is 2. The fourth-order valence-electron chi connectivity index (χ4n) is 2.98. The van der Waals surface area contributed by atoms with Crippen LogP contribution in [-0.4, -0.2) is 36.9 Å². The molecular weight excluding hydrogens is 424 g/mol. The van der Waals surface area contributed by atoms with Crippen molar-refractivity contribution in [3.63, 3.8) is 0 Å². The molecule has 6 nitrogen and oxygen atoms in total. The molecule has 0 bridgehead atoms. The van der Waals surface area contributed by atoms with Gasteiger partial charge in [0.25, 0.3) is 0 Å². The standard InChI is InChI=1S/C22H25ClN2O4S/c1-2-28-8-9-29-14-16-5-3-4-15(10-16)13-24-21(26)12-20-22(27)25-18-11-17(23)6-7-19(18)30-20/h3-7,10-11,20H,2,8-9,12-14H2,1H3,(H,24,26)(H,25,27)/t20-/m1/s1. The number of hydrogen-bond acceptors (Lipinski definition) is 5. The van der Waals surface area contributed by atoms with Gasteiger partial charge in [-0.15, -0.1) is 11.8 Å². The number of hydrogen-bond donors (Lipinski definition) is 2. The van der Waals surface area contributed by atoms with E-state index in [0.29, 0.717) is 43.7 Å². The van der Waals surface area contributed by atoms with Gasteiger partial charge in [-0.25, -0.2) is 0 Å². The SMILES string of the molecule is CCOCCOCc1cccc(CNC(=O)C[C@H]2Sc3ccc(Cl)cc3NC2=O)c1. The van der Waals surface area contributed by atoms with Crippen molar-refractivity contribution in [2.45, 2.75) is 36.6 Å². The number of carbonyl (C=O) groups excluding carboxylic acids is 2. The van der Waals surface area contributed by atoms with Gasteiger partial charge < -0.3 is 20.1 Å². The zero-order valence-electron chi connectivity index (χ0n) is 16.8. The number of thioether (sulfide) groups is 1. The van der Waals surface area contributed by atoms with Crippen molar-refractivity contribution in [3.05, 3.63) is 58.6 Å². The lowest BCUT2D eigenvalue weighted by Crippen LogP contribution is -2.34. The summed E-state index contributed by atoms with van der Waals surface area (Å²) in [5.74, 6) is -0.352. The van der Waals surface area contributed by atoms with Crippen LogP contribution >= 0.6 is 23.4 Å². The van der Waals surface area contributed by atoms with E-state index >= 15 is 0 Å². The van der Waals surface area contributed by atoms with Crippen LogP contribution in [0.25, 0.3) is 0 Å². The predicted octanol–water partition coefficient (Wildman–Crippen LogP) is 4.01. The summed E-state index contributed by atoms with van der Waals surface area (Å²) in [6.07, 6.45) is 0.110. The van der Waals surface area contributed by atoms with Gasteiger partial charge in [0.2, 0.25) is 11.8 Å². The highest BCUT2D eigenvalue weighted by atomic mass is 35.5. The van der Waals surface area contributed by atoms with Crippen molar-refractivity contribution in [1.82, 2.24) is 5.32 Å². The second kappa shape index (κ2) is 11.4. The molecule has 2 N–H and O–H groups in total. The molecule has 0 radical (unpaired) electrons. The van der Waals surface area contributed by atoms with Gasteiger partial charge in [-0.2, -0.15) is 0 Å². The molecule has 0 aliphatic carbocycles. The van der Waals surface area contributed by atoms with Crippen LogP contribution in [0.15, 0.2) is 47.4 Å². The number of anilines is 1. The Morgan fingerprint density at radius 1 is 1.17 bits per heavy atom. The summed E-state index contributed by atoms with van der Waals surface area (Å²) in [6.45, 7) is 4.66. The number of ether oxygens (including phenoxy) is 2. The molecule has 0 unspecified atom stereocenters. The fraction of sp³-hybridized carbons (Fsp3) is 0.364. The molecule has 1 aliphatic heterocycles. The Kier molecular flexibility index (Phi) is 8.57. The normalized spacial score (nSPS) is 15.4. The van der Waals surface area contributed by atoms with Gasteiger partial charge in [0.1, 0.15) is 0 Å². The van der Waals surface area contributed by atoms with Crippen LogP contribution in [0.1, 0.15) is 24.5 Å². The van der Waals surface area contributed by atoms with Gasteiger partial charge in [0.15, 0.2) is 0 Å². The number of fused-ring (bicyclic) bond motifs is 1. The molecule has 1 heterocycles. The van der Waals surface area contributed by atoms with Crippen molar-refractivity contribution >= 4 is 40.9 Å². The molecule has 0 aromatic heterocycles. The monoisotopic (exact) mass is 448 g/mol. The lowest BCUT2D eigenvalue weighted by molar-refractivity contribution is -0.124. The van der Waals surface area contributed by atoms with Crippen LogP contribution in [-0.2, 0) is 32.2 Å². The average molecular weight is 449 g/mol. The molecular formula is C22H25ClN2O4S. The summed E-state index contributed by atoms with van der Waals surface area (Å²) in [6, 6.07) is 13.2. The third-order valence-corrected chi connectivity index (χ3v) is 5.97. The Morgan fingerprint density at radius 2 is 1.97 bits per heavy atom. The minimum absolute atomic E-state index is 0.110. The van der Waals surface area contributed by atoms with Crippen LogP contribution in [0, 0.1) is 0 Å². The second-order valence-electron chi connectivity index (χ2n) is 6.79. The van der Waals surface area contributed by atoms with Gasteiger partial charge >= 0.3 is 0 Å². The van der Waals surface area contributed by atoms with E-state index in [1.54, 1.807) is 12.1 Å². The van der Waals surface area contributed by atoms with E-state index in [0.717, 1.165) is 16.0 Å². The number of amides is 2. The highest BCUT2D eigenvalue weighted by Crippen LogP contribution is 2.38. The van der Waals surface area contributed by atoms with Crippen molar-refractivity contribution < 1.29 is 19.1 Å². The van der Waals surface area contributed by atoms with Crippen molar-refractivity contribution in [2.24, 2.45) is 0 Å². The van der Waals surface area contributed by atoms with Crippen LogP contribution in [0.5, 0.6) is 0 Å². The first-order valence-corrected chi connectivity index (χ1v) is 11.1. The minimum atomic E-state index is -0.469. The van der Waals surface area contributed by atoms with Crippen molar-refractivity contribution in [2.75, 3.05) is 25.1 Å². The van der Waals surface area contributed by atoms with Gasteiger partial charge in [-0.3, -0.25) is 9.59 Å². The Bertz CT molecular complexity index is 893. The van der Waals surface area contributed by atoms with Crippen LogP contribution < -0.4 is 10.6 Å². The summed E-state index contributed by atoms with van der Waals surface area (Å²) < 4.78 is 10.8. The molecule has 30 heavy (non-hydrogen) atoms. The maximum atomic E-state index is 12.4. The summed E-state index contributed by atoms with van der Waals surface area (Å²) in [5.41, 5.74) is 2.71. The highest BCUT2D eigenvalue weighted by molar-refractivity contribution is 8.01. The van der Waals surface area contributed by atoms with E-state index in [1.165, 1.54) is 11.8 Å². The smallest absolute Gasteiger partial charge is 0.238 e. The first-order chi connectivity index (χ1) is 14.5. The number of rotatable bonds is 10. The molecule has 2 aromatic carbocycles. The highest BCUT2D eigenvalue weighted by Gasteiger charge is 2.29. The molecule has 0 spiro atoms. The molecule has 1 aliphatic rings. The first kappa shape index (κ1) is 22.6. The summed E-state index contributed by atoms with van der Waals surface area (Å²) in [5, 5.41) is 5.81. The van der Waals surface area contributed by atoms with E-state index in [4.69, 9.17) is 21.1 Å². The van der Waals surface area contributed by atoms with Gasteiger partial charge in [0.05, 0.1) is 30.8 Å². The fourth-order valence-corrected chi connectivity index (χ4v) is 4.24. The zero-order chi connectivity index (χ0) is 21.3. The molecule has 2 amide bonds. The van der Waals surface area contributed by atoms with E-state index in [-0.39, 0.29) is 18.2 Å². The number of halogens is 1. The van der Waals surface area contributed by atoms with Crippen LogP contribution in [0.2, 0.25) is 5.02 Å². The molecule has 3 rings (SSSR count). The van der Waals surface area contributed by atoms with E-state index in [9.17, 15) is 9.59 Å². The van der Waals surface area contributed by atoms with Crippen molar-refractivity contribution in [3.8, 4) is 0 Å². The maximum absolute atomic E-state index is 12.4. The molecule has 2 aromatic rings.